The number of hydrogen-bond donors (Lipinski definition) is 2. The molecule has 5 heteroatoms. The molecule has 0 spiro atoms. The van der Waals surface area contributed by atoms with Crippen LogP contribution in [-0.4, -0.2) is 18.4 Å². The van der Waals surface area contributed by atoms with Crippen molar-refractivity contribution in [3.05, 3.63) is 54.1 Å². The first kappa shape index (κ1) is 19.5. The van der Waals surface area contributed by atoms with E-state index < -0.39 is 0 Å². The Morgan fingerprint density at radius 1 is 0.923 bits per heavy atom. The molecular weight excluding hydrogens is 328 g/mol. The largest absolute Gasteiger partial charge is 0.494 e. The van der Waals surface area contributed by atoms with Crippen molar-refractivity contribution in [1.29, 1.82) is 0 Å². The maximum absolute atomic E-state index is 12.4. The number of nitrogens with one attached hydrogen (secondary N) is 2. The molecule has 0 heterocycles. The molecule has 0 fully saturated rings. The van der Waals surface area contributed by atoms with E-state index in [2.05, 4.69) is 17.6 Å². The van der Waals surface area contributed by atoms with Crippen LogP contribution in [0.15, 0.2) is 48.5 Å². The van der Waals surface area contributed by atoms with Crippen molar-refractivity contribution < 1.29 is 14.3 Å². The minimum Gasteiger partial charge on any atom is -0.494 e. The van der Waals surface area contributed by atoms with E-state index in [-0.39, 0.29) is 11.8 Å². The molecule has 0 radical (unpaired) electrons. The van der Waals surface area contributed by atoms with E-state index in [1.54, 1.807) is 36.4 Å². The van der Waals surface area contributed by atoms with Crippen LogP contribution >= 0.6 is 0 Å². The van der Waals surface area contributed by atoms with E-state index in [9.17, 15) is 9.59 Å². The first-order chi connectivity index (χ1) is 12.6. The van der Waals surface area contributed by atoms with Gasteiger partial charge in [0.25, 0.3) is 5.91 Å². The number of unbranched alkanes of at least 4 members (excludes halogenated alkanes) is 2. The predicted octanol–water partition coefficient (Wildman–Crippen LogP) is 4.86. The number of anilines is 2. The fraction of sp³-hybridized carbons (Fsp3) is 0.333. The van der Waals surface area contributed by atoms with Gasteiger partial charge in [0.15, 0.2) is 0 Å². The van der Waals surface area contributed by atoms with E-state index in [1.165, 1.54) is 0 Å². The standard InChI is InChI=1S/C21H26N2O3/c1-3-5-6-13-20(24)22-17-10-8-11-18(15-17)23-21(25)16-9-7-12-19(14-16)26-4-2/h7-12,14-15H,3-6,13H2,1-2H3,(H,22,24)(H,23,25). The maximum atomic E-state index is 12.4. The van der Waals surface area contributed by atoms with Gasteiger partial charge in [0.1, 0.15) is 5.75 Å². The topological polar surface area (TPSA) is 67.4 Å². The van der Waals surface area contributed by atoms with Gasteiger partial charge in [0.05, 0.1) is 6.61 Å². The summed E-state index contributed by atoms with van der Waals surface area (Å²) >= 11 is 0. The summed E-state index contributed by atoms with van der Waals surface area (Å²) in [6.45, 7) is 4.55. The highest BCUT2D eigenvalue weighted by Crippen LogP contribution is 2.18. The Balaban J connectivity index is 1.98. The second-order valence-electron chi connectivity index (χ2n) is 6.00. The average molecular weight is 354 g/mol. The van der Waals surface area contributed by atoms with Gasteiger partial charge in [0, 0.05) is 23.4 Å². The van der Waals surface area contributed by atoms with Crippen molar-refractivity contribution in [3.63, 3.8) is 0 Å². The van der Waals surface area contributed by atoms with Crippen molar-refractivity contribution in [1.82, 2.24) is 0 Å². The fourth-order valence-electron chi connectivity index (χ4n) is 2.53. The van der Waals surface area contributed by atoms with Crippen LogP contribution in [0, 0.1) is 0 Å². The van der Waals surface area contributed by atoms with Crippen LogP contribution in [0.5, 0.6) is 5.75 Å². The van der Waals surface area contributed by atoms with Crippen LogP contribution in [0.25, 0.3) is 0 Å². The zero-order valence-electron chi connectivity index (χ0n) is 15.4. The lowest BCUT2D eigenvalue weighted by molar-refractivity contribution is -0.116. The van der Waals surface area contributed by atoms with E-state index in [1.807, 2.05) is 19.1 Å². The molecular formula is C21H26N2O3. The molecule has 0 aliphatic carbocycles. The predicted molar refractivity (Wildman–Crippen MR) is 105 cm³/mol. The summed E-state index contributed by atoms with van der Waals surface area (Å²) in [6, 6.07) is 14.2. The Morgan fingerprint density at radius 2 is 1.65 bits per heavy atom. The van der Waals surface area contributed by atoms with Gasteiger partial charge in [-0.05, 0) is 49.7 Å². The zero-order chi connectivity index (χ0) is 18.8. The van der Waals surface area contributed by atoms with E-state index in [0.29, 0.717) is 35.7 Å². The van der Waals surface area contributed by atoms with Gasteiger partial charge < -0.3 is 15.4 Å². The van der Waals surface area contributed by atoms with Crippen LogP contribution < -0.4 is 15.4 Å². The van der Waals surface area contributed by atoms with Gasteiger partial charge in [-0.15, -0.1) is 0 Å². The van der Waals surface area contributed by atoms with E-state index >= 15 is 0 Å². The van der Waals surface area contributed by atoms with Crippen LogP contribution in [0.3, 0.4) is 0 Å². The van der Waals surface area contributed by atoms with Crippen molar-refractivity contribution in [3.8, 4) is 5.75 Å². The summed E-state index contributed by atoms with van der Waals surface area (Å²) in [6.07, 6.45) is 3.52. The minimum atomic E-state index is -0.224. The lowest BCUT2D eigenvalue weighted by Crippen LogP contribution is -2.13. The van der Waals surface area contributed by atoms with Crippen molar-refractivity contribution in [2.75, 3.05) is 17.2 Å². The lowest BCUT2D eigenvalue weighted by atomic mass is 10.2. The highest BCUT2D eigenvalue weighted by molar-refractivity contribution is 6.05. The monoisotopic (exact) mass is 354 g/mol. The second-order valence-corrected chi connectivity index (χ2v) is 6.00. The molecule has 0 aliphatic rings. The first-order valence-electron chi connectivity index (χ1n) is 9.06. The Bertz CT molecular complexity index is 744. The Morgan fingerprint density at radius 3 is 2.38 bits per heavy atom. The lowest BCUT2D eigenvalue weighted by Gasteiger charge is -2.10. The maximum Gasteiger partial charge on any atom is 0.255 e. The number of carbonyl (C=O) groups excluding carboxylic acids is 2. The zero-order valence-corrected chi connectivity index (χ0v) is 15.4. The van der Waals surface area contributed by atoms with Crippen LogP contribution in [0.4, 0.5) is 11.4 Å². The molecule has 5 nitrogen and oxygen atoms in total. The van der Waals surface area contributed by atoms with Gasteiger partial charge >= 0.3 is 0 Å². The van der Waals surface area contributed by atoms with E-state index in [0.717, 1.165) is 19.3 Å². The molecule has 2 aromatic rings. The quantitative estimate of drug-likeness (QED) is 0.632. The summed E-state index contributed by atoms with van der Waals surface area (Å²) < 4.78 is 5.42. The molecule has 138 valence electrons. The second kappa shape index (κ2) is 10.2. The highest BCUT2D eigenvalue weighted by Gasteiger charge is 2.08. The smallest absolute Gasteiger partial charge is 0.255 e. The molecule has 0 aliphatic heterocycles. The summed E-state index contributed by atoms with van der Waals surface area (Å²) in [5, 5.41) is 5.72. The molecule has 2 rings (SSSR count). The van der Waals surface area contributed by atoms with Gasteiger partial charge in [0.2, 0.25) is 5.91 Å². The Labute approximate surface area is 154 Å². The Kier molecular flexibility index (Phi) is 7.68. The third-order valence-electron chi connectivity index (χ3n) is 3.82. The van der Waals surface area contributed by atoms with Gasteiger partial charge in [-0.1, -0.05) is 31.9 Å². The molecule has 0 saturated carbocycles. The summed E-state index contributed by atoms with van der Waals surface area (Å²) in [4.78, 5) is 24.4. The number of hydrogen-bond acceptors (Lipinski definition) is 3. The molecule has 0 saturated heterocycles. The third-order valence-corrected chi connectivity index (χ3v) is 3.82. The molecule has 0 bridgehead atoms. The SMILES string of the molecule is CCCCCC(=O)Nc1cccc(NC(=O)c2cccc(OCC)c2)c1. The molecule has 2 N–H and O–H groups in total. The number of rotatable bonds is 9. The van der Waals surface area contributed by atoms with Crippen LogP contribution in [0.2, 0.25) is 0 Å². The molecule has 0 atom stereocenters. The number of amides is 2. The highest BCUT2D eigenvalue weighted by atomic mass is 16.5. The summed E-state index contributed by atoms with van der Waals surface area (Å²) in [7, 11) is 0. The minimum absolute atomic E-state index is 0.00802. The molecule has 2 aromatic carbocycles. The number of ether oxygens (including phenoxy) is 1. The molecule has 2 amide bonds. The number of carbonyl (C=O) groups is 2. The fourth-order valence-corrected chi connectivity index (χ4v) is 2.53. The molecule has 0 aromatic heterocycles. The van der Waals surface area contributed by atoms with Gasteiger partial charge in [-0.3, -0.25) is 9.59 Å². The van der Waals surface area contributed by atoms with Crippen molar-refractivity contribution >= 4 is 23.2 Å². The van der Waals surface area contributed by atoms with E-state index in [4.69, 9.17) is 4.74 Å². The molecule has 26 heavy (non-hydrogen) atoms. The summed E-state index contributed by atoms with van der Waals surface area (Å²) in [5.41, 5.74) is 1.82. The van der Waals surface area contributed by atoms with Crippen molar-refractivity contribution in [2.24, 2.45) is 0 Å². The van der Waals surface area contributed by atoms with Crippen LogP contribution in [0.1, 0.15) is 49.9 Å². The first-order valence-corrected chi connectivity index (χ1v) is 9.06. The average Bonchev–Trinajstić information content (AvgIpc) is 2.63. The van der Waals surface area contributed by atoms with Crippen LogP contribution in [-0.2, 0) is 4.79 Å². The normalized spacial score (nSPS) is 10.2. The Hall–Kier alpha value is -2.82. The van der Waals surface area contributed by atoms with Gasteiger partial charge in [-0.2, -0.15) is 0 Å². The third kappa shape index (κ3) is 6.24. The van der Waals surface area contributed by atoms with Gasteiger partial charge in [-0.25, -0.2) is 0 Å². The van der Waals surface area contributed by atoms with Crippen molar-refractivity contribution in [2.45, 2.75) is 39.5 Å². The molecule has 0 unspecified atom stereocenters. The number of benzene rings is 2. The summed E-state index contributed by atoms with van der Waals surface area (Å²) in [5.74, 6) is 0.428.